The highest BCUT2D eigenvalue weighted by Crippen LogP contribution is 2.38. The third kappa shape index (κ3) is 4.59. The van der Waals surface area contributed by atoms with Gasteiger partial charge in [-0.05, 0) is 53.1 Å². The molecule has 1 fully saturated rings. The molecule has 0 N–H and O–H groups in total. The summed E-state index contributed by atoms with van der Waals surface area (Å²) in [5, 5.41) is 5.92. The second kappa shape index (κ2) is 9.45. The fourth-order valence-electron chi connectivity index (χ4n) is 3.44. The van der Waals surface area contributed by atoms with Crippen LogP contribution in [-0.4, -0.2) is 37.5 Å². The molecule has 3 aromatic carbocycles. The van der Waals surface area contributed by atoms with Gasteiger partial charge in [-0.2, -0.15) is 5.10 Å². The third-order valence-electron chi connectivity index (χ3n) is 5.20. The van der Waals surface area contributed by atoms with Crippen LogP contribution in [0, 0.1) is 0 Å². The Balaban J connectivity index is 1.53. The lowest BCUT2D eigenvalue weighted by atomic mass is 9.92. The lowest BCUT2D eigenvalue weighted by Gasteiger charge is -2.43. The molecule has 6 heteroatoms. The van der Waals surface area contributed by atoms with Crippen LogP contribution in [0.3, 0.4) is 0 Å². The van der Waals surface area contributed by atoms with Gasteiger partial charge in [-0.1, -0.05) is 42.5 Å². The Bertz CT molecular complexity index is 1030. The summed E-state index contributed by atoms with van der Waals surface area (Å²) in [6, 6.07) is 24.6. The minimum absolute atomic E-state index is 0.165. The van der Waals surface area contributed by atoms with Crippen molar-refractivity contribution in [1.82, 2.24) is 5.01 Å². The summed E-state index contributed by atoms with van der Waals surface area (Å²) in [4.78, 5) is 12.9. The molecule has 0 aliphatic carbocycles. The molecule has 6 nitrogen and oxygen atoms in total. The maximum absolute atomic E-state index is 12.9. The summed E-state index contributed by atoms with van der Waals surface area (Å²) in [6.45, 7) is 0.361. The quantitative estimate of drug-likeness (QED) is 0.408. The van der Waals surface area contributed by atoms with Gasteiger partial charge in [-0.3, -0.25) is 4.79 Å². The topological polar surface area (TPSA) is 60.4 Å². The number of amides is 1. The average molecular weight is 416 g/mol. The number of hydrogen-bond donors (Lipinski definition) is 0. The van der Waals surface area contributed by atoms with Gasteiger partial charge in [-0.25, -0.2) is 5.01 Å². The van der Waals surface area contributed by atoms with Gasteiger partial charge in [0.05, 0.1) is 27.0 Å². The number of methoxy groups -OCH3 is 2. The number of ether oxygens (including phenoxy) is 3. The maximum atomic E-state index is 12.9. The van der Waals surface area contributed by atoms with Crippen LogP contribution in [0.5, 0.6) is 11.5 Å². The average Bonchev–Trinajstić information content (AvgIpc) is 2.83. The molecule has 0 radical (unpaired) electrons. The van der Waals surface area contributed by atoms with E-state index in [1.807, 2.05) is 78.9 Å². The van der Waals surface area contributed by atoms with E-state index >= 15 is 0 Å². The van der Waals surface area contributed by atoms with Crippen LogP contribution in [0.1, 0.15) is 22.7 Å². The zero-order chi connectivity index (χ0) is 21.6. The van der Waals surface area contributed by atoms with Crippen molar-refractivity contribution in [3.8, 4) is 11.5 Å². The highest BCUT2D eigenvalue weighted by atomic mass is 16.5. The number of rotatable bonds is 8. The van der Waals surface area contributed by atoms with E-state index in [-0.39, 0.29) is 11.9 Å². The summed E-state index contributed by atoms with van der Waals surface area (Å²) in [6.07, 6.45) is 1.07. The third-order valence-corrected chi connectivity index (χ3v) is 5.20. The molecule has 1 aliphatic heterocycles. The van der Waals surface area contributed by atoms with Crippen LogP contribution in [-0.2, 0) is 16.1 Å². The predicted octanol–water partition coefficient (Wildman–Crippen LogP) is 4.21. The van der Waals surface area contributed by atoms with Crippen LogP contribution < -0.4 is 9.47 Å². The minimum atomic E-state index is -0.596. The number of β-lactam (4-membered cyclic amide) rings is 1. The Kier molecular flexibility index (Phi) is 6.29. The zero-order valence-electron chi connectivity index (χ0n) is 17.5. The molecule has 0 bridgehead atoms. The molecule has 0 spiro atoms. The van der Waals surface area contributed by atoms with Gasteiger partial charge < -0.3 is 14.2 Å². The summed E-state index contributed by atoms with van der Waals surface area (Å²) in [5.41, 5.74) is 2.82. The predicted molar refractivity (Wildman–Crippen MR) is 118 cm³/mol. The molecule has 0 aromatic heterocycles. The standard InChI is InChI=1S/C25H24N2O4/c1-29-21-12-8-18(9-13-21)16-26-27-23(20-10-14-22(30-2)15-11-20)24(25(27)28)31-17-19-6-4-3-5-7-19/h3-16,23-24H,17H2,1-2H3/b26-16+/t23-,24-/m1/s1. The molecule has 0 unspecified atom stereocenters. The van der Waals surface area contributed by atoms with Crippen molar-refractivity contribution in [3.05, 3.63) is 95.6 Å². The van der Waals surface area contributed by atoms with Gasteiger partial charge in [0, 0.05) is 0 Å². The van der Waals surface area contributed by atoms with Crippen LogP contribution in [0.4, 0.5) is 0 Å². The molecule has 2 atom stereocenters. The Labute approximate surface area is 181 Å². The molecule has 1 aliphatic rings. The second-order valence-corrected chi connectivity index (χ2v) is 7.14. The van der Waals surface area contributed by atoms with Crippen molar-refractivity contribution in [3.63, 3.8) is 0 Å². The molecule has 158 valence electrons. The minimum Gasteiger partial charge on any atom is -0.497 e. The first-order chi connectivity index (χ1) is 15.2. The molecule has 31 heavy (non-hydrogen) atoms. The highest BCUT2D eigenvalue weighted by molar-refractivity contribution is 5.90. The number of hydrogen-bond acceptors (Lipinski definition) is 5. The molecule has 1 saturated heterocycles. The fraction of sp³-hybridized carbons (Fsp3) is 0.200. The van der Waals surface area contributed by atoms with Crippen LogP contribution in [0.15, 0.2) is 84.0 Å². The van der Waals surface area contributed by atoms with Crippen molar-refractivity contribution in [2.45, 2.75) is 18.8 Å². The van der Waals surface area contributed by atoms with Crippen LogP contribution in [0.25, 0.3) is 0 Å². The lowest BCUT2D eigenvalue weighted by Crippen LogP contribution is -2.57. The lowest BCUT2D eigenvalue weighted by molar-refractivity contribution is -0.176. The van der Waals surface area contributed by atoms with Crippen molar-refractivity contribution in [2.24, 2.45) is 5.10 Å². The van der Waals surface area contributed by atoms with Gasteiger partial charge >= 0.3 is 0 Å². The number of benzene rings is 3. The summed E-state index contributed by atoms with van der Waals surface area (Å²) in [7, 11) is 3.25. The van der Waals surface area contributed by atoms with E-state index < -0.39 is 6.10 Å². The summed E-state index contributed by atoms with van der Waals surface area (Å²) >= 11 is 0. The maximum Gasteiger partial charge on any atom is 0.275 e. The van der Waals surface area contributed by atoms with E-state index in [0.29, 0.717) is 6.61 Å². The van der Waals surface area contributed by atoms with Crippen molar-refractivity contribution in [1.29, 1.82) is 0 Å². The fourth-order valence-corrected chi connectivity index (χ4v) is 3.44. The first-order valence-corrected chi connectivity index (χ1v) is 10.00. The van der Waals surface area contributed by atoms with Crippen molar-refractivity contribution < 1.29 is 19.0 Å². The van der Waals surface area contributed by atoms with Gasteiger partial charge in [0.1, 0.15) is 17.5 Å². The van der Waals surface area contributed by atoms with Crippen LogP contribution in [0.2, 0.25) is 0 Å². The zero-order valence-corrected chi connectivity index (χ0v) is 17.5. The second-order valence-electron chi connectivity index (χ2n) is 7.14. The van der Waals surface area contributed by atoms with E-state index in [9.17, 15) is 4.79 Å². The Hall–Kier alpha value is -3.64. The first kappa shape index (κ1) is 20.6. The van der Waals surface area contributed by atoms with E-state index in [1.165, 1.54) is 5.01 Å². The van der Waals surface area contributed by atoms with E-state index in [1.54, 1.807) is 20.4 Å². The number of hydrazone groups is 1. The Morgan fingerprint density at radius 3 is 2.10 bits per heavy atom. The summed E-state index contributed by atoms with van der Waals surface area (Å²) in [5.74, 6) is 1.36. The normalized spacial score (nSPS) is 18.1. The molecular weight excluding hydrogens is 392 g/mol. The smallest absolute Gasteiger partial charge is 0.275 e. The van der Waals surface area contributed by atoms with E-state index in [2.05, 4.69) is 5.10 Å². The molecular formula is C25H24N2O4. The molecule has 1 amide bonds. The highest BCUT2D eigenvalue weighted by Gasteiger charge is 2.49. The monoisotopic (exact) mass is 416 g/mol. The number of carbonyl (C=O) groups is 1. The summed E-state index contributed by atoms with van der Waals surface area (Å²) < 4.78 is 16.4. The number of carbonyl (C=O) groups excluding carboxylic acids is 1. The van der Waals surface area contributed by atoms with E-state index in [0.717, 1.165) is 28.2 Å². The van der Waals surface area contributed by atoms with Gasteiger partial charge in [0.2, 0.25) is 0 Å². The van der Waals surface area contributed by atoms with Gasteiger partial charge in [0.25, 0.3) is 5.91 Å². The van der Waals surface area contributed by atoms with Crippen molar-refractivity contribution in [2.75, 3.05) is 14.2 Å². The first-order valence-electron chi connectivity index (χ1n) is 10.00. The van der Waals surface area contributed by atoms with Gasteiger partial charge in [0.15, 0.2) is 6.10 Å². The molecule has 1 heterocycles. The molecule has 4 rings (SSSR count). The van der Waals surface area contributed by atoms with E-state index in [4.69, 9.17) is 14.2 Å². The SMILES string of the molecule is COc1ccc(/C=N/N2C(=O)[C@H](OCc3ccccc3)[C@H]2c2ccc(OC)cc2)cc1. The number of nitrogens with zero attached hydrogens (tertiary/aromatic N) is 2. The Morgan fingerprint density at radius 1 is 0.871 bits per heavy atom. The van der Waals surface area contributed by atoms with Crippen LogP contribution >= 0.6 is 0 Å². The molecule has 3 aromatic rings. The molecule has 0 saturated carbocycles. The largest absolute Gasteiger partial charge is 0.497 e. The Morgan fingerprint density at radius 2 is 1.48 bits per heavy atom. The van der Waals surface area contributed by atoms with Crippen molar-refractivity contribution >= 4 is 12.1 Å². The van der Waals surface area contributed by atoms with Gasteiger partial charge in [-0.15, -0.1) is 0 Å².